The molecule has 1 aliphatic rings. The van der Waals surface area contributed by atoms with Crippen molar-refractivity contribution in [3.05, 3.63) is 53.9 Å². The van der Waals surface area contributed by atoms with Crippen LogP contribution >= 0.6 is 0 Å². The number of carbonyl (C=O) groups excluding carboxylic acids is 1. The molecule has 126 valence electrons. The molecule has 1 aromatic heterocycles. The molecule has 2 atom stereocenters. The number of carboxylic acids is 1. The van der Waals surface area contributed by atoms with Gasteiger partial charge in [-0.15, -0.1) is 0 Å². The van der Waals surface area contributed by atoms with Crippen molar-refractivity contribution in [2.45, 2.75) is 25.0 Å². The van der Waals surface area contributed by atoms with E-state index >= 15 is 0 Å². The van der Waals surface area contributed by atoms with E-state index in [1.807, 2.05) is 42.6 Å². The van der Waals surface area contributed by atoms with Gasteiger partial charge in [0.15, 0.2) is 0 Å². The van der Waals surface area contributed by atoms with E-state index < -0.39 is 18.1 Å². The second-order valence-electron chi connectivity index (χ2n) is 5.89. The van der Waals surface area contributed by atoms with Gasteiger partial charge in [-0.1, -0.05) is 30.3 Å². The van der Waals surface area contributed by atoms with Crippen LogP contribution in [0.15, 0.2) is 42.6 Å². The van der Waals surface area contributed by atoms with E-state index in [9.17, 15) is 14.7 Å². The lowest BCUT2D eigenvalue weighted by Gasteiger charge is -2.20. The minimum atomic E-state index is -1.02. The molecule has 7 heteroatoms. The van der Waals surface area contributed by atoms with E-state index in [0.29, 0.717) is 13.0 Å². The molecule has 2 aromatic rings. The molecule has 1 fully saturated rings. The smallest absolute Gasteiger partial charge is 0.410 e. The van der Waals surface area contributed by atoms with E-state index in [4.69, 9.17) is 4.74 Å². The van der Waals surface area contributed by atoms with Crippen molar-refractivity contribution in [2.24, 2.45) is 7.05 Å². The summed E-state index contributed by atoms with van der Waals surface area (Å²) in [5.41, 5.74) is 1.65. The second-order valence-corrected chi connectivity index (χ2v) is 5.89. The third kappa shape index (κ3) is 3.40. The maximum atomic E-state index is 12.3. The van der Waals surface area contributed by atoms with Crippen LogP contribution in [-0.2, 0) is 23.2 Å². The average Bonchev–Trinajstić information content (AvgIpc) is 3.20. The van der Waals surface area contributed by atoms with Gasteiger partial charge < -0.3 is 9.84 Å². The first-order valence-electron chi connectivity index (χ1n) is 7.74. The molecule has 0 radical (unpaired) electrons. The summed E-state index contributed by atoms with van der Waals surface area (Å²) in [6.07, 6.45) is 1.54. The van der Waals surface area contributed by atoms with Crippen molar-refractivity contribution in [3.8, 4) is 0 Å². The molecule has 7 nitrogen and oxygen atoms in total. The van der Waals surface area contributed by atoms with E-state index in [1.165, 1.54) is 4.90 Å². The SMILES string of the molecule is Cn1ccc(C2C[C@@H](C(=O)O)N(C(=O)OCc3ccccc3)C2)n1. The Labute approximate surface area is 139 Å². The molecule has 0 aliphatic carbocycles. The highest BCUT2D eigenvalue weighted by Gasteiger charge is 2.41. The number of ether oxygens (including phenoxy) is 1. The molecule has 1 unspecified atom stereocenters. The number of aromatic nitrogens is 2. The van der Waals surface area contributed by atoms with Crippen LogP contribution in [0, 0.1) is 0 Å². The number of nitrogens with zero attached hydrogens (tertiary/aromatic N) is 3. The highest BCUT2D eigenvalue weighted by molar-refractivity contribution is 5.81. The van der Waals surface area contributed by atoms with E-state index in [-0.39, 0.29) is 12.5 Å². The molecule has 1 N–H and O–H groups in total. The lowest BCUT2D eigenvalue weighted by Crippen LogP contribution is -2.40. The molecular weight excluding hydrogens is 310 g/mol. The van der Waals surface area contributed by atoms with Crippen molar-refractivity contribution >= 4 is 12.1 Å². The average molecular weight is 329 g/mol. The molecule has 2 heterocycles. The standard InChI is InChI=1S/C17H19N3O4/c1-19-8-7-14(18-19)13-9-15(16(21)22)20(10-13)17(23)24-11-12-5-3-2-4-6-12/h2-8,13,15H,9-11H2,1H3,(H,21,22)/t13?,15-/m0/s1. The van der Waals surface area contributed by atoms with Crippen LogP contribution in [0.3, 0.4) is 0 Å². The molecule has 1 amide bonds. The summed E-state index contributed by atoms with van der Waals surface area (Å²) in [7, 11) is 1.80. The van der Waals surface area contributed by atoms with Crippen molar-refractivity contribution < 1.29 is 19.4 Å². The van der Waals surface area contributed by atoms with Gasteiger partial charge in [-0.05, 0) is 18.1 Å². The van der Waals surface area contributed by atoms with Gasteiger partial charge in [0, 0.05) is 25.7 Å². The number of benzene rings is 1. The lowest BCUT2D eigenvalue weighted by molar-refractivity contribution is -0.141. The Morgan fingerprint density at radius 2 is 2.04 bits per heavy atom. The number of aryl methyl sites for hydroxylation is 1. The predicted molar refractivity (Wildman–Crippen MR) is 85.3 cm³/mol. The highest BCUT2D eigenvalue weighted by Crippen LogP contribution is 2.31. The Bertz CT molecular complexity index is 728. The minimum absolute atomic E-state index is 0.100. The number of hydrogen-bond donors (Lipinski definition) is 1. The summed E-state index contributed by atoms with van der Waals surface area (Å²) in [5.74, 6) is -1.12. The molecule has 24 heavy (non-hydrogen) atoms. The fraction of sp³-hybridized carbons (Fsp3) is 0.353. The molecule has 1 aliphatic heterocycles. The Hall–Kier alpha value is -2.83. The number of carbonyl (C=O) groups is 2. The van der Waals surface area contributed by atoms with Gasteiger partial charge in [0.2, 0.25) is 0 Å². The van der Waals surface area contributed by atoms with Gasteiger partial charge in [0.25, 0.3) is 0 Å². The van der Waals surface area contributed by atoms with Crippen LogP contribution in [0.25, 0.3) is 0 Å². The zero-order valence-corrected chi connectivity index (χ0v) is 13.3. The molecule has 0 spiro atoms. The fourth-order valence-electron chi connectivity index (χ4n) is 2.94. The van der Waals surface area contributed by atoms with Crippen molar-refractivity contribution in [1.29, 1.82) is 0 Å². The number of hydrogen-bond acceptors (Lipinski definition) is 4. The Morgan fingerprint density at radius 3 is 2.67 bits per heavy atom. The topological polar surface area (TPSA) is 84.7 Å². The molecule has 0 saturated carbocycles. The summed E-state index contributed by atoms with van der Waals surface area (Å²) < 4.78 is 6.95. The van der Waals surface area contributed by atoms with Crippen LogP contribution in [0.5, 0.6) is 0 Å². The largest absolute Gasteiger partial charge is 0.480 e. The summed E-state index contributed by atoms with van der Waals surface area (Å²) in [6.45, 7) is 0.415. The van der Waals surface area contributed by atoms with E-state index in [0.717, 1.165) is 11.3 Å². The number of rotatable bonds is 4. The monoisotopic (exact) mass is 329 g/mol. The van der Waals surface area contributed by atoms with Crippen molar-refractivity contribution in [1.82, 2.24) is 14.7 Å². The zero-order valence-electron chi connectivity index (χ0n) is 13.3. The van der Waals surface area contributed by atoms with Crippen molar-refractivity contribution in [3.63, 3.8) is 0 Å². The first-order chi connectivity index (χ1) is 11.5. The Balaban J connectivity index is 1.68. The second kappa shape index (κ2) is 6.74. The normalized spacial score (nSPS) is 20.1. The first kappa shape index (κ1) is 16.0. The fourth-order valence-corrected chi connectivity index (χ4v) is 2.94. The molecule has 0 bridgehead atoms. The molecular formula is C17H19N3O4. The van der Waals surface area contributed by atoms with Crippen LogP contribution in [0.2, 0.25) is 0 Å². The first-order valence-corrected chi connectivity index (χ1v) is 7.74. The van der Waals surface area contributed by atoms with Crippen LogP contribution in [-0.4, -0.2) is 44.4 Å². The van der Waals surface area contributed by atoms with Gasteiger partial charge in [0.1, 0.15) is 12.6 Å². The number of aliphatic carboxylic acids is 1. The van der Waals surface area contributed by atoms with Crippen LogP contribution < -0.4 is 0 Å². The highest BCUT2D eigenvalue weighted by atomic mass is 16.6. The van der Waals surface area contributed by atoms with E-state index in [2.05, 4.69) is 5.10 Å². The van der Waals surface area contributed by atoms with Crippen LogP contribution in [0.4, 0.5) is 4.79 Å². The lowest BCUT2D eigenvalue weighted by atomic mass is 10.0. The van der Waals surface area contributed by atoms with Crippen LogP contribution in [0.1, 0.15) is 23.6 Å². The van der Waals surface area contributed by atoms with Gasteiger partial charge in [-0.2, -0.15) is 5.10 Å². The summed E-state index contributed by atoms with van der Waals surface area (Å²) >= 11 is 0. The summed E-state index contributed by atoms with van der Waals surface area (Å²) in [6, 6.07) is 10.3. The zero-order chi connectivity index (χ0) is 17.1. The third-order valence-corrected chi connectivity index (χ3v) is 4.18. The Morgan fingerprint density at radius 1 is 1.29 bits per heavy atom. The van der Waals surface area contributed by atoms with Gasteiger partial charge in [-0.3, -0.25) is 9.58 Å². The van der Waals surface area contributed by atoms with E-state index in [1.54, 1.807) is 11.7 Å². The maximum Gasteiger partial charge on any atom is 0.410 e. The minimum Gasteiger partial charge on any atom is -0.480 e. The molecule has 1 aromatic carbocycles. The predicted octanol–water partition coefficient (Wildman–Crippen LogP) is 2.00. The Kier molecular flexibility index (Phi) is 4.50. The molecule has 3 rings (SSSR count). The van der Waals surface area contributed by atoms with Gasteiger partial charge >= 0.3 is 12.1 Å². The molecule has 1 saturated heterocycles. The summed E-state index contributed by atoms with van der Waals surface area (Å²) in [4.78, 5) is 25.1. The van der Waals surface area contributed by atoms with Gasteiger partial charge in [-0.25, -0.2) is 9.59 Å². The van der Waals surface area contributed by atoms with Gasteiger partial charge in [0.05, 0.1) is 5.69 Å². The quantitative estimate of drug-likeness (QED) is 0.927. The summed E-state index contributed by atoms with van der Waals surface area (Å²) in [5, 5.41) is 13.7. The third-order valence-electron chi connectivity index (χ3n) is 4.18. The maximum absolute atomic E-state index is 12.3. The van der Waals surface area contributed by atoms with Crippen molar-refractivity contribution in [2.75, 3.05) is 6.54 Å². The number of likely N-dealkylation sites (tertiary alicyclic amines) is 1. The number of amides is 1. The number of carboxylic acid groups (broad SMARTS) is 1.